The number of methoxy groups -OCH3 is 1. The van der Waals surface area contributed by atoms with E-state index in [2.05, 4.69) is 34.5 Å². The van der Waals surface area contributed by atoms with Crippen LogP contribution in [0.5, 0.6) is 0 Å². The van der Waals surface area contributed by atoms with Crippen molar-refractivity contribution in [2.45, 2.75) is 29.7 Å². The van der Waals surface area contributed by atoms with E-state index in [9.17, 15) is 0 Å². The lowest BCUT2D eigenvalue weighted by atomic mass is 10.0. The number of nitrogens with one attached hydrogen (secondary N) is 1. The summed E-state index contributed by atoms with van der Waals surface area (Å²) in [7, 11) is 1.76. The molecule has 0 bridgehead atoms. The quantitative estimate of drug-likeness (QED) is 0.783. The summed E-state index contributed by atoms with van der Waals surface area (Å²) in [6.45, 7) is 5.35. The fraction of sp³-hybridized carbons (Fsp3) is 0.647. The fourth-order valence-electron chi connectivity index (χ4n) is 3.47. The van der Waals surface area contributed by atoms with E-state index in [1.807, 2.05) is 11.8 Å². The molecule has 2 unspecified atom stereocenters. The smallest absolute Gasteiger partial charge is 0.0587 e. The van der Waals surface area contributed by atoms with Gasteiger partial charge >= 0.3 is 0 Å². The monoisotopic (exact) mass is 306 g/mol. The van der Waals surface area contributed by atoms with Crippen LogP contribution in [-0.2, 0) is 4.74 Å². The fourth-order valence-corrected chi connectivity index (χ4v) is 4.71. The molecule has 1 fully saturated rings. The lowest BCUT2D eigenvalue weighted by molar-refractivity contribution is 0.191. The average molecular weight is 306 g/mol. The Morgan fingerprint density at radius 3 is 3.19 bits per heavy atom. The molecule has 1 aromatic carbocycles. The van der Waals surface area contributed by atoms with Gasteiger partial charge in [-0.25, -0.2) is 0 Å². The zero-order chi connectivity index (χ0) is 14.5. The third kappa shape index (κ3) is 3.81. The Hall–Kier alpha value is -0.550. The summed E-state index contributed by atoms with van der Waals surface area (Å²) in [6, 6.07) is 9.65. The van der Waals surface area contributed by atoms with Gasteiger partial charge in [0.05, 0.1) is 6.61 Å². The minimum Gasteiger partial charge on any atom is -0.383 e. The average Bonchev–Trinajstić information content (AvgIpc) is 3.12. The molecule has 1 aromatic rings. The molecule has 0 saturated carbocycles. The van der Waals surface area contributed by atoms with Gasteiger partial charge in [-0.05, 0) is 31.0 Å². The third-order valence-electron chi connectivity index (χ3n) is 4.62. The van der Waals surface area contributed by atoms with Crippen LogP contribution in [-0.4, -0.2) is 56.6 Å². The Balaban J connectivity index is 1.52. The van der Waals surface area contributed by atoms with Crippen LogP contribution in [0.15, 0.2) is 29.2 Å². The van der Waals surface area contributed by atoms with Crippen molar-refractivity contribution in [3.63, 3.8) is 0 Å². The second kappa shape index (κ2) is 7.63. The van der Waals surface area contributed by atoms with Gasteiger partial charge in [0, 0.05) is 49.4 Å². The summed E-state index contributed by atoms with van der Waals surface area (Å²) in [6.07, 6.45) is 2.68. The number of rotatable bonds is 7. The van der Waals surface area contributed by atoms with E-state index in [1.54, 1.807) is 12.7 Å². The molecule has 4 heteroatoms. The molecule has 2 heterocycles. The van der Waals surface area contributed by atoms with E-state index in [1.165, 1.54) is 36.6 Å². The van der Waals surface area contributed by atoms with Crippen LogP contribution in [0.3, 0.4) is 0 Å². The first kappa shape index (κ1) is 15.3. The van der Waals surface area contributed by atoms with Gasteiger partial charge in [-0.2, -0.15) is 0 Å². The van der Waals surface area contributed by atoms with Crippen molar-refractivity contribution >= 4 is 11.8 Å². The summed E-state index contributed by atoms with van der Waals surface area (Å²) in [5.41, 5.74) is 1.57. The number of benzene rings is 1. The minimum absolute atomic E-state index is 0.708. The maximum absolute atomic E-state index is 5.10. The Bertz CT molecular complexity index is 454. The largest absolute Gasteiger partial charge is 0.383 e. The van der Waals surface area contributed by atoms with Crippen LogP contribution in [0, 0.1) is 0 Å². The molecule has 1 N–H and O–H groups in total. The summed E-state index contributed by atoms with van der Waals surface area (Å²) >= 11 is 2.03. The molecule has 0 spiro atoms. The van der Waals surface area contributed by atoms with Gasteiger partial charge < -0.3 is 10.1 Å². The van der Waals surface area contributed by atoms with Crippen LogP contribution in [0.2, 0.25) is 0 Å². The van der Waals surface area contributed by atoms with Gasteiger partial charge in [0.1, 0.15) is 0 Å². The first-order valence-electron chi connectivity index (χ1n) is 8.04. The molecule has 0 radical (unpaired) electrons. The molecule has 0 aromatic heterocycles. The van der Waals surface area contributed by atoms with Crippen molar-refractivity contribution in [2.24, 2.45) is 0 Å². The van der Waals surface area contributed by atoms with Crippen molar-refractivity contribution in [2.75, 3.05) is 45.6 Å². The molecule has 116 valence electrons. The standard InChI is InChI=1S/C17H26N2OS/c1-20-10-8-18-11-15-5-4-9-19(15)12-14-13-21-17-7-3-2-6-16(14)17/h2-3,6-7,14-15,18H,4-5,8-13H2,1H3. The van der Waals surface area contributed by atoms with Gasteiger partial charge in [-0.15, -0.1) is 11.8 Å². The lowest BCUT2D eigenvalue weighted by Crippen LogP contribution is -2.40. The molecule has 0 amide bonds. The number of thioether (sulfide) groups is 1. The van der Waals surface area contributed by atoms with E-state index >= 15 is 0 Å². The number of hydrogen-bond acceptors (Lipinski definition) is 4. The number of hydrogen-bond donors (Lipinski definition) is 1. The Morgan fingerprint density at radius 1 is 1.38 bits per heavy atom. The summed E-state index contributed by atoms with van der Waals surface area (Å²) in [4.78, 5) is 4.20. The van der Waals surface area contributed by atoms with E-state index in [-0.39, 0.29) is 0 Å². The molecule has 21 heavy (non-hydrogen) atoms. The molecule has 2 atom stereocenters. The topological polar surface area (TPSA) is 24.5 Å². The highest BCUT2D eigenvalue weighted by Gasteiger charge is 2.30. The van der Waals surface area contributed by atoms with Gasteiger partial charge in [-0.3, -0.25) is 4.90 Å². The van der Waals surface area contributed by atoms with Crippen molar-refractivity contribution < 1.29 is 4.74 Å². The van der Waals surface area contributed by atoms with Crippen LogP contribution < -0.4 is 5.32 Å². The normalized spacial score (nSPS) is 25.4. The van der Waals surface area contributed by atoms with Crippen molar-refractivity contribution in [3.05, 3.63) is 29.8 Å². The predicted molar refractivity (Wildman–Crippen MR) is 89.2 cm³/mol. The lowest BCUT2D eigenvalue weighted by Gasteiger charge is -2.27. The summed E-state index contributed by atoms with van der Waals surface area (Å²) in [5, 5.41) is 3.53. The van der Waals surface area contributed by atoms with Gasteiger partial charge in [0.25, 0.3) is 0 Å². The number of fused-ring (bicyclic) bond motifs is 1. The highest BCUT2D eigenvalue weighted by atomic mass is 32.2. The molecule has 0 aliphatic carbocycles. The maximum Gasteiger partial charge on any atom is 0.0587 e. The summed E-state index contributed by atoms with van der Waals surface area (Å²) in [5.74, 6) is 1.96. The first-order valence-corrected chi connectivity index (χ1v) is 9.02. The zero-order valence-electron chi connectivity index (χ0n) is 12.9. The van der Waals surface area contributed by atoms with E-state index in [4.69, 9.17) is 4.74 Å². The predicted octanol–water partition coefficient (Wildman–Crippen LogP) is 2.58. The molecule has 2 aliphatic rings. The van der Waals surface area contributed by atoms with Crippen molar-refractivity contribution in [1.82, 2.24) is 10.2 Å². The minimum atomic E-state index is 0.708. The van der Waals surface area contributed by atoms with Crippen LogP contribution >= 0.6 is 11.8 Å². The maximum atomic E-state index is 5.10. The van der Waals surface area contributed by atoms with Gasteiger partial charge in [0.2, 0.25) is 0 Å². The number of ether oxygens (including phenoxy) is 1. The summed E-state index contributed by atoms with van der Waals surface area (Å²) < 4.78 is 5.10. The van der Waals surface area contributed by atoms with Gasteiger partial charge in [0.15, 0.2) is 0 Å². The van der Waals surface area contributed by atoms with Crippen LogP contribution in [0.25, 0.3) is 0 Å². The van der Waals surface area contributed by atoms with E-state index in [0.717, 1.165) is 19.7 Å². The Kier molecular flexibility index (Phi) is 5.58. The Labute approximate surface area is 132 Å². The third-order valence-corrected chi connectivity index (χ3v) is 5.87. The molecular formula is C17H26N2OS. The van der Waals surface area contributed by atoms with E-state index < -0.39 is 0 Å². The molecule has 1 saturated heterocycles. The van der Waals surface area contributed by atoms with Gasteiger partial charge in [-0.1, -0.05) is 18.2 Å². The molecular weight excluding hydrogens is 280 g/mol. The number of likely N-dealkylation sites (tertiary alicyclic amines) is 1. The highest BCUT2D eigenvalue weighted by Crippen LogP contribution is 2.40. The molecule has 3 nitrogen and oxygen atoms in total. The first-order chi connectivity index (χ1) is 10.4. The van der Waals surface area contributed by atoms with Crippen LogP contribution in [0.4, 0.5) is 0 Å². The van der Waals surface area contributed by atoms with Crippen molar-refractivity contribution in [3.8, 4) is 0 Å². The molecule has 3 rings (SSSR count). The molecule has 2 aliphatic heterocycles. The van der Waals surface area contributed by atoms with E-state index in [0.29, 0.717) is 12.0 Å². The highest BCUT2D eigenvalue weighted by molar-refractivity contribution is 7.99. The SMILES string of the molecule is COCCNCC1CCCN1CC1CSc2ccccc21. The Morgan fingerprint density at radius 2 is 2.29 bits per heavy atom. The number of nitrogens with zero attached hydrogens (tertiary/aromatic N) is 1. The zero-order valence-corrected chi connectivity index (χ0v) is 13.7. The second-order valence-electron chi connectivity index (χ2n) is 6.03. The van der Waals surface area contributed by atoms with Crippen molar-refractivity contribution in [1.29, 1.82) is 0 Å². The second-order valence-corrected chi connectivity index (χ2v) is 7.10. The van der Waals surface area contributed by atoms with Crippen LogP contribution in [0.1, 0.15) is 24.3 Å².